The van der Waals surface area contributed by atoms with Crippen molar-refractivity contribution >= 4 is 23.3 Å². The third-order valence-electron chi connectivity index (χ3n) is 4.58. The van der Waals surface area contributed by atoms with Gasteiger partial charge in [0, 0.05) is 30.2 Å². The quantitative estimate of drug-likeness (QED) is 0.941. The molecule has 0 bridgehead atoms. The van der Waals surface area contributed by atoms with Crippen molar-refractivity contribution in [3.05, 3.63) is 41.6 Å². The first-order valence-corrected chi connectivity index (χ1v) is 7.96. The number of benzene rings is 1. The monoisotopic (exact) mass is 319 g/mol. The van der Waals surface area contributed by atoms with E-state index in [4.69, 9.17) is 5.73 Å². The minimum atomic E-state index is 0. The molecule has 2 unspecified atom stereocenters. The molecule has 1 aliphatic heterocycles. The number of nitrogens with two attached hydrogens (primary N) is 1. The second-order valence-corrected chi connectivity index (χ2v) is 6.48. The third kappa shape index (κ3) is 3.97. The highest BCUT2D eigenvalue weighted by molar-refractivity contribution is 5.85. The van der Waals surface area contributed by atoms with Gasteiger partial charge in [-0.15, -0.1) is 12.4 Å². The second-order valence-electron chi connectivity index (χ2n) is 6.48. The van der Waals surface area contributed by atoms with Crippen molar-refractivity contribution < 1.29 is 0 Å². The molecule has 0 radical (unpaired) electrons. The average Bonchev–Trinajstić information content (AvgIpc) is 2.48. The number of likely N-dealkylation sites (tertiary alicyclic amines) is 1. The van der Waals surface area contributed by atoms with Crippen LogP contribution in [-0.4, -0.2) is 29.0 Å². The van der Waals surface area contributed by atoms with Crippen LogP contribution in [0.3, 0.4) is 0 Å². The highest BCUT2D eigenvalue weighted by Gasteiger charge is 2.22. The van der Waals surface area contributed by atoms with E-state index in [1.807, 2.05) is 6.92 Å². The summed E-state index contributed by atoms with van der Waals surface area (Å²) < 4.78 is 0. The first-order valence-electron chi connectivity index (χ1n) is 7.96. The van der Waals surface area contributed by atoms with Crippen molar-refractivity contribution in [3.63, 3.8) is 0 Å². The molecule has 4 heteroatoms. The van der Waals surface area contributed by atoms with Crippen LogP contribution in [-0.2, 0) is 6.54 Å². The summed E-state index contributed by atoms with van der Waals surface area (Å²) >= 11 is 0. The van der Waals surface area contributed by atoms with Gasteiger partial charge < -0.3 is 5.73 Å². The molecule has 120 valence electrons. The molecule has 1 aromatic heterocycles. The zero-order chi connectivity index (χ0) is 14.8. The lowest BCUT2D eigenvalue weighted by Crippen LogP contribution is -2.41. The molecule has 1 aliphatic rings. The van der Waals surface area contributed by atoms with E-state index in [9.17, 15) is 0 Å². The fraction of sp³-hybridized carbons (Fsp3) is 0.500. The number of hydrogen-bond donors (Lipinski definition) is 1. The topological polar surface area (TPSA) is 42.1 Å². The van der Waals surface area contributed by atoms with Gasteiger partial charge in [-0.25, -0.2) is 0 Å². The van der Waals surface area contributed by atoms with Crippen LogP contribution in [0.2, 0.25) is 0 Å². The van der Waals surface area contributed by atoms with Crippen molar-refractivity contribution in [2.45, 2.75) is 39.3 Å². The molecule has 2 aromatic rings. The van der Waals surface area contributed by atoms with Crippen LogP contribution in [0.15, 0.2) is 30.3 Å². The van der Waals surface area contributed by atoms with E-state index in [0.717, 1.165) is 24.3 Å². The van der Waals surface area contributed by atoms with Gasteiger partial charge in [0.15, 0.2) is 0 Å². The van der Waals surface area contributed by atoms with E-state index in [-0.39, 0.29) is 12.4 Å². The Hall–Kier alpha value is -1.16. The molecule has 1 saturated heterocycles. The molecule has 3 rings (SSSR count). The Balaban J connectivity index is 0.00000176. The highest BCUT2D eigenvalue weighted by Crippen LogP contribution is 2.22. The fourth-order valence-corrected chi connectivity index (χ4v) is 3.30. The Morgan fingerprint density at radius 1 is 1.32 bits per heavy atom. The van der Waals surface area contributed by atoms with Crippen LogP contribution in [0.25, 0.3) is 10.9 Å². The Kier molecular flexibility index (Phi) is 5.79. The smallest absolute Gasteiger partial charge is 0.0705 e. The molecule has 2 heterocycles. The van der Waals surface area contributed by atoms with Gasteiger partial charge in [0.25, 0.3) is 0 Å². The number of fused-ring (bicyclic) bond motifs is 1. The molecule has 2 atom stereocenters. The maximum atomic E-state index is 6.08. The predicted molar refractivity (Wildman–Crippen MR) is 95.4 cm³/mol. The minimum Gasteiger partial charge on any atom is -0.328 e. The van der Waals surface area contributed by atoms with E-state index in [0.29, 0.717) is 12.0 Å². The molecular weight excluding hydrogens is 294 g/mol. The number of halogens is 1. The maximum absolute atomic E-state index is 6.08. The normalized spacial score (nSPS) is 20.6. The van der Waals surface area contributed by atoms with Crippen molar-refractivity contribution in [3.8, 4) is 0 Å². The van der Waals surface area contributed by atoms with E-state index in [2.05, 4.69) is 47.1 Å². The molecule has 1 aromatic carbocycles. The van der Waals surface area contributed by atoms with Gasteiger partial charge in [0.05, 0.1) is 5.52 Å². The largest absolute Gasteiger partial charge is 0.328 e. The standard InChI is InChI=1S/C18H25N3.ClH/c1-13-5-7-16-10-15(6-8-18(16)20-13)11-21-9-3-4-17(12-21)14(2)19;/h5-8,10,14,17H,3-4,9,11-12,19H2,1-2H3;1H. The van der Waals surface area contributed by atoms with Crippen LogP contribution in [0.4, 0.5) is 0 Å². The summed E-state index contributed by atoms with van der Waals surface area (Å²) in [6.45, 7) is 7.51. The molecular formula is C18H26ClN3. The van der Waals surface area contributed by atoms with Crippen LogP contribution in [0.1, 0.15) is 31.0 Å². The molecule has 1 fully saturated rings. The summed E-state index contributed by atoms with van der Waals surface area (Å²) in [5.41, 5.74) is 9.61. The minimum absolute atomic E-state index is 0. The number of aryl methyl sites for hydroxylation is 1. The van der Waals surface area contributed by atoms with Crippen molar-refractivity contribution in [1.29, 1.82) is 0 Å². The lowest BCUT2D eigenvalue weighted by Gasteiger charge is -2.34. The molecule has 2 N–H and O–H groups in total. The molecule has 0 aliphatic carbocycles. The second kappa shape index (κ2) is 7.40. The van der Waals surface area contributed by atoms with Gasteiger partial charge in [-0.1, -0.05) is 12.1 Å². The number of nitrogens with zero attached hydrogens (tertiary/aromatic N) is 2. The van der Waals surface area contributed by atoms with Crippen LogP contribution in [0.5, 0.6) is 0 Å². The molecule has 0 spiro atoms. The first kappa shape index (κ1) is 17.2. The van der Waals surface area contributed by atoms with E-state index in [1.165, 1.54) is 30.3 Å². The maximum Gasteiger partial charge on any atom is 0.0705 e. The summed E-state index contributed by atoms with van der Waals surface area (Å²) in [6.07, 6.45) is 2.54. The number of pyridine rings is 1. The van der Waals surface area contributed by atoms with Crippen molar-refractivity contribution in [1.82, 2.24) is 9.88 Å². The summed E-state index contributed by atoms with van der Waals surface area (Å²) in [5, 5.41) is 1.24. The number of hydrogen-bond acceptors (Lipinski definition) is 3. The average molecular weight is 320 g/mol. The van der Waals surface area contributed by atoms with Crippen molar-refractivity contribution in [2.75, 3.05) is 13.1 Å². The molecule has 22 heavy (non-hydrogen) atoms. The van der Waals surface area contributed by atoms with Gasteiger partial charge in [0.2, 0.25) is 0 Å². The van der Waals surface area contributed by atoms with Gasteiger partial charge in [-0.05, 0) is 62.9 Å². The van der Waals surface area contributed by atoms with E-state index >= 15 is 0 Å². The van der Waals surface area contributed by atoms with Gasteiger partial charge in [0.1, 0.15) is 0 Å². The lowest BCUT2D eigenvalue weighted by molar-refractivity contribution is 0.154. The molecule has 0 amide bonds. The summed E-state index contributed by atoms with van der Waals surface area (Å²) in [4.78, 5) is 7.11. The third-order valence-corrected chi connectivity index (χ3v) is 4.58. The zero-order valence-corrected chi connectivity index (χ0v) is 14.3. The summed E-state index contributed by atoms with van der Waals surface area (Å²) in [7, 11) is 0. The van der Waals surface area contributed by atoms with Gasteiger partial charge in [-0.3, -0.25) is 9.88 Å². The van der Waals surface area contributed by atoms with Crippen molar-refractivity contribution in [2.24, 2.45) is 11.7 Å². The van der Waals surface area contributed by atoms with E-state index in [1.54, 1.807) is 0 Å². The Labute approximate surface area is 139 Å². The van der Waals surface area contributed by atoms with E-state index < -0.39 is 0 Å². The zero-order valence-electron chi connectivity index (χ0n) is 13.5. The lowest BCUT2D eigenvalue weighted by atomic mass is 9.92. The van der Waals surface area contributed by atoms with Crippen LogP contribution < -0.4 is 5.73 Å². The SMILES string of the molecule is Cc1ccc2cc(CN3CCCC(C(C)N)C3)ccc2n1.Cl. The predicted octanol–water partition coefficient (Wildman–Crippen LogP) is 3.52. The Morgan fingerprint density at radius 3 is 2.91 bits per heavy atom. The number of piperidine rings is 1. The Morgan fingerprint density at radius 2 is 2.14 bits per heavy atom. The highest BCUT2D eigenvalue weighted by atomic mass is 35.5. The van der Waals surface area contributed by atoms with Gasteiger partial charge >= 0.3 is 0 Å². The molecule has 0 saturated carbocycles. The van der Waals surface area contributed by atoms with Gasteiger partial charge in [-0.2, -0.15) is 0 Å². The first-order chi connectivity index (χ1) is 10.1. The molecule has 3 nitrogen and oxygen atoms in total. The van der Waals surface area contributed by atoms with Crippen LogP contribution >= 0.6 is 12.4 Å². The summed E-state index contributed by atoms with van der Waals surface area (Å²) in [6, 6.07) is 11.2. The van der Waals surface area contributed by atoms with Crippen LogP contribution in [0, 0.1) is 12.8 Å². The Bertz CT molecular complexity index is 627. The summed E-state index contributed by atoms with van der Waals surface area (Å²) in [5.74, 6) is 0.642. The number of rotatable bonds is 3. The number of aromatic nitrogens is 1. The fourth-order valence-electron chi connectivity index (χ4n) is 3.30.